The second kappa shape index (κ2) is 6.02. The molecule has 98 valence electrons. The summed E-state index contributed by atoms with van der Waals surface area (Å²) < 4.78 is 5.63. The predicted molar refractivity (Wildman–Crippen MR) is 69.2 cm³/mol. The molecule has 1 aliphatic heterocycles. The SMILES string of the molecule is O=[N+]([O-])c1ccc(OCC2CCNCC2)cc1Cl. The van der Waals surface area contributed by atoms with Gasteiger partial charge in [-0.15, -0.1) is 0 Å². The first-order chi connectivity index (χ1) is 8.66. The molecule has 1 N–H and O–H groups in total. The number of benzene rings is 1. The summed E-state index contributed by atoms with van der Waals surface area (Å²) in [6.07, 6.45) is 2.20. The number of nitro benzene ring substituents is 1. The fraction of sp³-hybridized carbons (Fsp3) is 0.500. The lowest BCUT2D eigenvalue weighted by molar-refractivity contribution is -0.384. The molecule has 5 nitrogen and oxygen atoms in total. The van der Waals surface area contributed by atoms with Crippen molar-refractivity contribution in [3.05, 3.63) is 33.3 Å². The first-order valence-corrected chi connectivity index (χ1v) is 6.32. The van der Waals surface area contributed by atoms with Crippen LogP contribution in [0.4, 0.5) is 5.69 Å². The standard InChI is InChI=1S/C12H15ClN2O3/c13-11-7-10(1-2-12(11)15(16)17)18-8-9-3-5-14-6-4-9/h1-2,7,9,14H,3-6,8H2. The van der Waals surface area contributed by atoms with Crippen LogP contribution < -0.4 is 10.1 Å². The molecule has 0 aliphatic carbocycles. The Balaban J connectivity index is 1.93. The maximum atomic E-state index is 10.6. The largest absolute Gasteiger partial charge is 0.493 e. The fourth-order valence-corrected chi connectivity index (χ4v) is 2.23. The molecule has 1 aliphatic rings. The van der Waals surface area contributed by atoms with Crippen LogP contribution in [-0.2, 0) is 0 Å². The first-order valence-electron chi connectivity index (χ1n) is 5.94. The number of nitrogens with one attached hydrogen (secondary N) is 1. The molecule has 1 aromatic rings. The van der Waals surface area contributed by atoms with Crippen molar-refractivity contribution >= 4 is 17.3 Å². The normalized spacial score (nSPS) is 16.5. The summed E-state index contributed by atoms with van der Waals surface area (Å²) in [5, 5.41) is 14.0. The zero-order valence-corrected chi connectivity index (χ0v) is 10.7. The number of hydrogen-bond acceptors (Lipinski definition) is 4. The molecular formula is C12H15ClN2O3. The number of hydrogen-bond donors (Lipinski definition) is 1. The van der Waals surface area contributed by atoms with E-state index in [0.29, 0.717) is 18.3 Å². The van der Waals surface area contributed by atoms with Crippen LogP contribution in [-0.4, -0.2) is 24.6 Å². The van der Waals surface area contributed by atoms with Crippen LogP contribution in [0.5, 0.6) is 5.75 Å². The number of nitro groups is 1. The van der Waals surface area contributed by atoms with E-state index < -0.39 is 4.92 Å². The van der Waals surface area contributed by atoms with Crippen molar-refractivity contribution in [2.24, 2.45) is 5.92 Å². The molecule has 0 amide bonds. The number of nitrogens with zero attached hydrogens (tertiary/aromatic N) is 1. The highest BCUT2D eigenvalue weighted by atomic mass is 35.5. The highest BCUT2D eigenvalue weighted by Crippen LogP contribution is 2.28. The Morgan fingerprint density at radius 2 is 2.17 bits per heavy atom. The van der Waals surface area contributed by atoms with Crippen molar-refractivity contribution in [3.63, 3.8) is 0 Å². The third-order valence-corrected chi connectivity index (χ3v) is 3.36. The Bertz CT molecular complexity index is 433. The zero-order chi connectivity index (χ0) is 13.0. The summed E-state index contributed by atoms with van der Waals surface area (Å²) in [6.45, 7) is 2.68. The maximum Gasteiger partial charge on any atom is 0.288 e. The van der Waals surface area contributed by atoms with Crippen LogP contribution in [0.25, 0.3) is 0 Å². The van der Waals surface area contributed by atoms with E-state index >= 15 is 0 Å². The number of piperidine rings is 1. The van der Waals surface area contributed by atoms with E-state index in [-0.39, 0.29) is 10.7 Å². The van der Waals surface area contributed by atoms with Crippen LogP contribution in [0.1, 0.15) is 12.8 Å². The van der Waals surface area contributed by atoms with Gasteiger partial charge in [-0.25, -0.2) is 0 Å². The molecular weight excluding hydrogens is 256 g/mol. The molecule has 0 saturated carbocycles. The number of ether oxygens (including phenoxy) is 1. The van der Waals surface area contributed by atoms with Crippen LogP contribution in [0.3, 0.4) is 0 Å². The average Bonchev–Trinajstić information content (AvgIpc) is 2.37. The second-order valence-electron chi connectivity index (χ2n) is 4.37. The molecule has 6 heteroatoms. The molecule has 1 fully saturated rings. The van der Waals surface area contributed by atoms with Gasteiger partial charge in [0.2, 0.25) is 0 Å². The van der Waals surface area contributed by atoms with Crippen LogP contribution in [0, 0.1) is 16.0 Å². The van der Waals surface area contributed by atoms with Crippen molar-refractivity contribution in [2.75, 3.05) is 19.7 Å². The van der Waals surface area contributed by atoms with Crippen molar-refractivity contribution in [1.29, 1.82) is 0 Å². The van der Waals surface area contributed by atoms with Crippen LogP contribution >= 0.6 is 11.6 Å². The number of rotatable bonds is 4. The molecule has 0 unspecified atom stereocenters. The maximum absolute atomic E-state index is 10.6. The lowest BCUT2D eigenvalue weighted by Gasteiger charge is -2.22. The van der Waals surface area contributed by atoms with Gasteiger partial charge in [-0.2, -0.15) is 0 Å². The van der Waals surface area contributed by atoms with Crippen molar-refractivity contribution in [1.82, 2.24) is 5.32 Å². The third kappa shape index (κ3) is 3.34. The molecule has 0 spiro atoms. The van der Waals surface area contributed by atoms with Gasteiger partial charge in [-0.3, -0.25) is 10.1 Å². The Kier molecular flexibility index (Phi) is 4.38. The first kappa shape index (κ1) is 13.1. The summed E-state index contributed by atoms with van der Waals surface area (Å²) in [6, 6.07) is 4.46. The smallest absolute Gasteiger partial charge is 0.288 e. The van der Waals surface area contributed by atoms with E-state index in [1.165, 1.54) is 12.1 Å². The van der Waals surface area contributed by atoms with Crippen molar-refractivity contribution in [3.8, 4) is 5.75 Å². The molecule has 2 rings (SSSR count). The van der Waals surface area contributed by atoms with Gasteiger partial charge in [0.25, 0.3) is 5.69 Å². The van der Waals surface area contributed by atoms with E-state index in [1.54, 1.807) is 6.07 Å². The van der Waals surface area contributed by atoms with Gasteiger partial charge in [0, 0.05) is 12.1 Å². The van der Waals surface area contributed by atoms with Gasteiger partial charge in [-0.05, 0) is 37.9 Å². The summed E-state index contributed by atoms with van der Waals surface area (Å²) in [7, 11) is 0. The molecule has 0 bridgehead atoms. The minimum atomic E-state index is -0.501. The summed E-state index contributed by atoms with van der Waals surface area (Å²) in [5.74, 6) is 1.13. The quantitative estimate of drug-likeness (QED) is 0.675. The van der Waals surface area contributed by atoms with Gasteiger partial charge in [0.15, 0.2) is 0 Å². The van der Waals surface area contributed by atoms with Gasteiger partial charge in [0.05, 0.1) is 11.5 Å². The van der Waals surface area contributed by atoms with Crippen LogP contribution in [0.2, 0.25) is 5.02 Å². The molecule has 0 atom stereocenters. The third-order valence-electron chi connectivity index (χ3n) is 3.06. The number of halogens is 1. The van der Waals surface area contributed by atoms with Crippen LogP contribution in [0.15, 0.2) is 18.2 Å². The lowest BCUT2D eigenvalue weighted by atomic mass is 9.99. The van der Waals surface area contributed by atoms with Gasteiger partial charge < -0.3 is 10.1 Å². The lowest BCUT2D eigenvalue weighted by Crippen LogP contribution is -2.30. The second-order valence-corrected chi connectivity index (χ2v) is 4.78. The minimum absolute atomic E-state index is 0.0918. The predicted octanol–water partition coefficient (Wildman–Crippen LogP) is 2.63. The Hall–Kier alpha value is -1.33. The Morgan fingerprint density at radius 1 is 1.44 bits per heavy atom. The Morgan fingerprint density at radius 3 is 2.78 bits per heavy atom. The molecule has 0 radical (unpaired) electrons. The summed E-state index contributed by atoms with van der Waals surface area (Å²) in [5.41, 5.74) is -0.0918. The summed E-state index contributed by atoms with van der Waals surface area (Å²) >= 11 is 5.81. The van der Waals surface area contributed by atoms with Crippen molar-refractivity contribution < 1.29 is 9.66 Å². The minimum Gasteiger partial charge on any atom is -0.493 e. The van der Waals surface area contributed by atoms with Gasteiger partial charge >= 0.3 is 0 Å². The van der Waals surface area contributed by atoms with Gasteiger partial charge in [-0.1, -0.05) is 11.6 Å². The highest BCUT2D eigenvalue weighted by Gasteiger charge is 2.15. The van der Waals surface area contributed by atoms with Crippen molar-refractivity contribution in [2.45, 2.75) is 12.8 Å². The molecule has 1 aromatic carbocycles. The van der Waals surface area contributed by atoms with E-state index in [9.17, 15) is 10.1 Å². The molecule has 0 aromatic heterocycles. The van der Waals surface area contributed by atoms with E-state index in [2.05, 4.69) is 5.32 Å². The van der Waals surface area contributed by atoms with E-state index in [0.717, 1.165) is 25.9 Å². The highest BCUT2D eigenvalue weighted by molar-refractivity contribution is 6.32. The average molecular weight is 271 g/mol. The molecule has 1 saturated heterocycles. The fourth-order valence-electron chi connectivity index (χ4n) is 1.99. The monoisotopic (exact) mass is 270 g/mol. The summed E-state index contributed by atoms with van der Waals surface area (Å²) in [4.78, 5) is 10.1. The van der Waals surface area contributed by atoms with Gasteiger partial charge in [0.1, 0.15) is 10.8 Å². The van der Waals surface area contributed by atoms with E-state index in [4.69, 9.17) is 16.3 Å². The molecule has 1 heterocycles. The Labute approximate surface area is 110 Å². The molecule has 18 heavy (non-hydrogen) atoms. The zero-order valence-electron chi connectivity index (χ0n) is 9.89. The van der Waals surface area contributed by atoms with E-state index in [1.807, 2.05) is 0 Å². The topological polar surface area (TPSA) is 64.4 Å².